The first-order valence-electron chi connectivity index (χ1n) is 8.72. The van der Waals surface area contributed by atoms with Crippen molar-refractivity contribution >= 4 is 28.7 Å². The fourth-order valence-electron chi connectivity index (χ4n) is 2.69. The second-order valence-electron chi connectivity index (χ2n) is 5.94. The van der Waals surface area contributed by atoms with Crippen LogP contribution in [0.3, 0.4) is 0 Å². The predicted octanol–water partition coefficient (Wildman–Crippen LogP) is 2.69. The molecule has 1 amide bonds. The lowest BCUT2D eigenvalue weighted by molar-refractivity contribution is -0.385. The molecule has 1 heterocycles. The van der Waals surface area contributed by atoms with Crippen molar-refractivity contribution in [3.05, 3.63) is 64.3 Å². The van der Waals surface area contributed by atoms with E-state index in [0.29, 0.717) is 22.6 Å². The molecule has 0 fully saturated rings. The maximum Gasteiger partial charge on any atom is 0.311 e. The van der Waals surface area contributed by atoms with E-state index in [1.807, 2.05) is 18.2 Å². The number of nitro benzene ring substituents is 1. The lowest BCUT2D eigenvalue weighted by Crippen LogP contribution is -2.24. The fourth-order valence-corrected chi connectivity index (χ4v) is 2.69. The van der Waals surface area contributed by atoms with Gasteiger partial charge in [0.2, 0.25) is 5.75 Å². The van der Waals surface area contributed by atoms with Crippen LogP contribution in [-0.4, -0.2) is 42.9 Å². The minimum atomic E-state index is -0.583. The molecule has 0 aliphatic rings. The van der Waals surface area contributed by atoms with Crippen molar-refractivity contribution < 1.29 is 23.9 Å². The molecule has 10 heteroatoms. The number of carbonyl (C=O) groups excluding carboxylic acids is 1. The van der Waals surface area contributed by atoms with Crippen molar-refractivity contribution in [2.45, 2.75) is 0 Å². The second kappa shape index (κ2) is 9.32. The third kappa shape index (κ3) is 4.61. The first-order valence-corrected chi connectivity index (χ1v) is 8.72. The van der Waals surface area contributed by atoms with Crippen molar-refractivity contribution in [1.82, 2.24) is 10.4 Å². The number of benzene rings is 2. The number of para-hydroxylation sites is 1. The second-order valence-corrected chi connectivity index (χ2v) is 5.94. The molecule has 0 radical (unpaired) electrons. The van der Waals surface area contributed by atoms with Crippen LogP contribution in [0, 0.1) is 10.1 Å². The van der Waals surface area contributed by atoms with Crippen molar-refractivity contribution in [2.24, 2.45) is 5.10 Å². The molecular weight excluding hydrogens is 392 g/mol. The Bertz CT molecular complexity index is 1110. The molecule has 30 heavy (non-hydrogen) atoms. The molecule has 3 aromatic rings. The van der Waals surface area contributed by atoms with Crippen molar-refractivity contribution in [3.8, 4) is 17.2 Å². The first kappa shape index (κ1) is 20.5. The van der Waals surface area contributed by atoms with E-state index >= 15 is 0 Å². The molecule has 0 atom stereocenters. The van der Waals surface area contributed by atoms with Crippen LogP contribution in [0.4, 0.5) is 5.69 Å². The lowest BCUT2D eigenvalue weighted by atomic mass is 10.1. The minimum absolute atomic E-state index is 0.0510. The van der Waals surface area contributed by atoms with Crippen LogP contribution in [0.15, 0.2) is 53.8 Å². The number of hydrazone groups is 1. The van der Waals surface area contributed by atoms with Gasteiger partial charge in [-0.2, -0.15) is 5.10 Å². The summed E-state index contributed by atoms with van der Waals surface area (Å²) in [7, 11) is 2.73. The van der Waals surface area contributed by atoms with E-state index in [2.05, 4.69) is 15.5 Å². The Hall–Kier alpha value is -4.21. The van der Waals surface area contributed by atoms with E-state index in [-0.39, 0.29) is 18.0 Å². The number of aromatic nitrogens is 1. The van der Waals surface area contributed by atoms with E-state index in [4.69, 9.17) is 14.2 Å². The Balaban J connectivity index is 1.67. The Kier molecular flexibility index (Phi) is 6.38. The van der Waals surface area contributed by atoms with E-state index in [1.165, 1.54) is 32.6 Å². The number of pyridine rings is 1. The molecule has 10 nitrogen and oxygen atoms in total. The van der Waals surface area contributed by atoms with Gasteiger partial charge < -0.3 is 14.2 Å². The van der Waals surface area contributed by atoms with Crippen LogP contribution >= 0.6 is 0 Å². The molecule has 154 valence electrons. The minimum Gasteiger partial charge on any atom is -0.496 e. The van der Waals surface area contributed by atoms with Gasteiger partial charge in [0.15, 0.2) is 6.61 Å². The van der Waals surface area contributed by atoms with Gasteiger partial charge in [0.25, 0.3) is 5.91 Å². The van der Waals surface area contributed by atoms with Crippen molar-refractivity contribution in [2.75, 3.05) is 20.8 Å². The molecule has 0 spiro atoms. The fraction of sp³-hybridized carbons (Fsp3) is 0.150. The highest BCUT2D eigenvalue weighted by atomic mass is 16.6. The topological polar surface area (TPSA) is 125 Å². The van der Waals surface area contributed by atoms with Gasteiger partial charge in [-0.1, -0.05) is 18.2 Å². The number of nitrogens with one attached hydrogen (secondary N) is 1. The van der Waals surface area contributed by atoms with Gasteiger partial charge in [-0.25, -0.2) is 5.43 Å². The number of ether oxygens (including phenoxy) is 3. The highest BCUT2D eigenvalue weighted by Crippen LogP contribution is 2.33. The molecule has 3 rings (SSSR count). The summed E-state index contributed by atoms with van der Waals surface area (Å²) in [5, 5.41) is 15.9. The number of hydrogen-bond donors (Lipinski definition) is 1. The molecule has 0 aliphatic heterocycles. The SMILES string of the molecule is COc1cc(OC)c([N+](=O)[O-])cc1/C=N/NC(=O)COc1cccc2cccnc12. The molecule has 0 aliphatic carbocycles. The lowest BCUT2D eigenvalue weighted by Gasteiger charge is -2.08. The summed E-state index contributed by atoms with van der Waals surface area (Å²) >= 11 is 0. The quantitative estimate of drug-likeness (QED) is 0.344. The smallest absolute Gasteiger partial charge is 0.311 e. The zero-order valence-electron chi connectivity index (χ0n) is 16.2. The van der Waals surface area contributed by atoms with Gasteiger partial charge in [-0.05, 0) is 12.1 Å². The maximum atomic E-state index is 12.0. The molecule has 1 aromatic heterocycles. The van der Waals surface area contributed by atoms with Gasteiger partial charge in [-0.15, -0.1) is 0 Å². The summed E-state index contributed by atoms with van der Waals surface area (Å²) < 4.78 is 15.7. The Morgan fingerprint density at radius 1 is 1.17 bits per heavy atom. The van der Waals surface area contributed by atoms with Gasteiger partial charge in [0.05, 0.1) is 25.4 Å². The number of fused-ring (bicyclic) bond motifs is 1. The highest BCUT2D eigenvalue weighted by Gasteiger charge is 2.19. The van der Waals surface area contributed by atoms with Gasteiger partial charge in [-0.3, -0.25) is 19.9 Å². The summed E-state index contributed by atoms with van der Waals surface area (Å²) in [4.78, 5) is 26.9. The Labute approximate surface area is 171 Å². The molecule has 2 aromatic carbocycles. The van der Waals surface area contributed by atoms with Crippen molar-refractivity contribution in [3.63, 3.8) is 0 Å². The summed E-state index contributed by atoms with van der Waals surface area (Å²) in [6, 6.07) is 11.7. The van der Waals surface area contributed by atoms with Gasteiger partial charge >= 0.3 is 5.69 Å². The number of nitro groups is 1. The number of rotatable bonds is 8. The molecule has 0 bridgehead atoms. The van der Waals surface area contributed by atoms with Crippen LogP contribution < -0.4 is 19.6 Å². The standard InChI is InChI=1S/C20H18N4O6/c1-28-17-10-18(29-2)15(24(26)27)9-14(17)11-22-23-19(25)12-30-16-7-3-5-13-6-4-8-21-20(13)16/h3-11H,12H2,1-2H3,(H,23,25)/b22-11+. The molecular formula is C20H18N4O6. The van der Waals surface area contributed by atoms with E-state index < -0.39 is 10.8 Å². The number of nitrogens with zero attached hydrogens (tertiary/aromatic N) is 3. The summed E-state index contributed by atoms with van der Waals surface area (Å²) in [6.07, 6.45) is 2.88. The monoisotopic (exact) mass is 410 g/mol. The zero-order valence-corrected chi connectivity index (χ0v) is 16.2. The molecule has 0 saturated carbocycles. The van der Waals surface area contributed by atoms with E-state index in [9.17, 15) is 14.9 Å². The Morgan fingerprint density at radius 2 is 1.93 bits per heavy atom. The van der Waals surface area contributed by atoms with E-state index in [1.54, 1.807) is 18.3 Å². The first-order chi connectivity index (χ1) is 14.5. The van der Waals surface area contributed by atoms with Crippen LogP contribution in [0.2, 0.25) is 0 Å². The van der Waals surface area contributed by atoms with Crippen LogP contribution in [0.1, 0.15) is 5.56 Å². The third-order valence-corrected chi connectivity index (χ3v) is 4.08. The normalized spacial score (nSPS) is 10.7. The molecule has 0 unspecified atom stereocenters. The maximum absolute atomic E-state index is 12.0. The average Bonchev–Trinajstić information content (AvgIpc) is 2.77. The van der Waals surface area contributed by atoms with Gasteiger partial charge in [0.1, 0.15) is 17.0 Å². The number of amides is 1. The van der Waals surface area contributed by atoms with E-state index in [0.717, 1.165) is 5.39 Å². The van der Waals surface area contributed by atoms with Crippen LogP contribution in [-0.2, 0) is 4.79 Å². The molecule has 1 N–H and O–H groups in total. The van der Waals surface area contributed by atoms with Crippen molar-refractivity contribution in [1.29, 1.82) is 0 Å². The zero-order chi connectivity index (χ0) is 21.5. The number of methoxy groups -OCH3 is 2. The Morgan fingerprint density at radius 3 is 2.67 bits per heavy atom. The predicted molar refractivity (Wildman–Crippen MR) is 109 cm³/mol. The summed E-state index contributed by atoms with van der Waals surface area (Å²) in [5.74, 6) is 0.310. The third-order valence-electron chi connectivity index (χ3n) is 4.08. The molecule has 0 saturated heterocycles. The van der Waals surface area contributed by atoms with Gasteiger partial charge in [0, 0.05) is 29.3 Å². The summed E-state index contributed by atoms with van der Waals surface area (Å²) in [6.45, 7) is -0.285. The van der Waals surface area contributed by atoms with Crippen LogP contribution in [0.5, 0.6) is 17.2 Å². The highest BCUT2D eigenvalue weighted by molar-refractivity contribution is 5.88. The average molecular weight is 410 g/mol. The summed E-state index contributed by atoms with van der Waals surface area (Å²) in [5.41, 5.74) is 3.00. The number of hydrogen-bond acceptors (Lipinski definition) is 8. The largest absolute Gasteiger partial charge is 0.496 e. The van der Waals surface area contributed by atoms with Crippen LogP contribution in [0.25, 0.3) is 10.9 Å². The number of carbonyl (C=O) groups is 1.